The van der Waals surface area contributed by atoms with Crippen LogP contribution in [0, 0.1) is 0 Å². The molecule has 2 aromatic heterocycles. The highest BCUT2D eigenvalue weighted by molar-refractivity contribution is 5.35. The molecule has 1 aliphatic rings. The van der Waals surface area contributed by atoms with Gasteiger partial charge < -0.3 is 5.32 Å². The summed E-state index contributed by atoms with van der Waals surface area (Å²) < 4.78 is 2.09. The number of hydrogen-bond acceptors (Lipinski definition) is 4. The van der Waals surface area contributed by atoms with E-state index in [1.807, 2.05) is 6.20 Å². The zero-order valence-electron chi connectivity index (χ0n) is 10.8. The third-order valence-corrected chi connectivity index (χ3v) is 3.89. The van der Waals surface area contributed by atoms with Gasteiger partial charge in [-0.15, -0.1) is 10.2 Å². The lowest BCUT2D eigenvalue weighted by Crippen LogP contribution is -2.44. The van der Waals surface area contributed by atoms with Gasteiger partial charge in [0.2, 0.25) is 0 Å². The van der Waals surface area contributed by atoms with Crippen molar-refractivity contribution in [3.63, 3.8) is 0 Å². The largest absolute Gasteiger partial charge is 0.316 e. The Hall–Kier alpha value is -1.49. The Kier molecular flexibility index (Phi) is 2.99. The third-order valence-electron chi connectivity index (χ3n) is 3.89. The number of aromatic nitrogens is 4. The van der Waals surface area contributed by atoms with E-state index in [0.29, 0.717) is 0 Å². The van der Waals surface area contributed by atoms with Crippen LogP contribution in [0.1, 0.15) is 38.4 Å². The van der Waals surface area contributed by atoms with Crippen molar-refractivity contribution >= 4 is 5.65 Å². The molecule has 0 saturated carbocycles. The van der Waals surface area contributed by atoms with Gasteiger partial charge in [-0.25, -0.2) is 0 Å². The van der Waals surface area contributed by atoms with E-state index in [1.54, 1.807) is 12.4 Å². The van der Waals surface area contributed by atoms with Gasteiger partial charge in [0.05, 0.1) is 6.20 Å². The fourth-order valence-corrected chi connectivity index (χ4v) is 3.08. The van der Waals surface area contributed by atoms with Crippen LogP contribution < -0.4 is 5.32 Å². The number of fused-ring (bicyclic) bond motifs is 1. The molecule has 0 spiro atoms. The standard InChI is InChI=1S/C13H19N5/c1-2-4-13(5-3-6-15-10-13)12-17-16-11-9-14-7-8-18(11)12/h7-9,15H,2-6,10H2,1H3. The molecule has 1 N–H and O–H groups in total. The highest BCUT2D eigenvalue weighted by Gasteiger charge is 2.37. The zero-order valence-corrected chi connectivity index (χ0v) is 10.8. The fraction of sp³-hybridized carbons (Fsp3) is 0.615. The second-order valence-corrected chi connectivity index (χ2v) is 5.14. The summed E-state index contributed by atoms with van der Waals surface area (Å²) in [6, 6.07) is 0. The van der Waals surface area contributed by atoms with Gasteiger partial charge in [-0.1, -0.05) is 13.3 Å². The van der Waals surface area contributed by atoms with Crippen LogP contribution in [-0.2, 0) is 5.41 Å². The fourth-order valence-electron chi connectivity index (χ4n) is 3.08. The van der Waals surface area contributed by atoms with E-state index < -0.39 is 0 Å². The summed E-state index contributed by atoms with van der Waals surface area (Å²) in [5.41, 5.74) is 0.974. The Morgan fingerprint density at radius 2 is 2.39 bits per heavy atom. The average Bonchev–Trinajstić information content (AvgIpc) is 2.84. The Morgan fingerprint density at radius 3 is 3.17 bits per heavy atom. The highest BCUT2D eigenvalue weighted by atomic mass is 15.3. The minimum Gasteiger partial charge on any atom is -0.316 e. The van der Waals surface area contributed by atoms with Gasteiger partial charge in [0, 0.05) is 24.4 Å². The molecule has 1 fully saturated rings. The molecule has 96 valence electrons. The Bertz CT molecular complexity index is 521. The zero-order chi connectivity index (χ0) is 12.4. The van der Waals surface area contributed by atoms with E-state index in [0.717, 1.165) is 31.0 Å². The maximum Gasteiger partial charge on any atom is 0.179 e. The molecule has 0 aliphatic carbocycles. The van der Waals surface area contributed by atoms with Crippen LogP contribution in [0.15, 0.2) is 18.6 Å². The maximum atomic E-state index is 4.44. The van der Waals surface area contributed by atoms with E-state index in [4.69, 9.17) is 0 Å². The molecule has 0 aromatic carbocycles. The van der Waals surface area contributed by atoms with Crippen molar-refractivity contribution in [1.29, 1.82) is 0 Å². The summed E-state index contributed by atoms with van der Waals surface area (Å²) in [6.45, 7) is 4.36. The number of piperidine rings is 1. The van der Waals surface area contributed by atoms with Crippen LogP contribution in [0.2, 0.25) is 0 Å². The summed E-state index contributed by atoms with van der Waals surface area (Å²) in [5.74, 6) is 1.09. The minimum absolute atomic E-state index is 0.133. The lowest BCUT2D eigenvalue weighted by Gasteiger charge is -2.36. The number of rotatable bonds is 3. The molecule has 3 heterocycles. The molecule has 0 radical (unpaired) electrons. The van der Waals surface area contributed by atoms with Crippen molar-refractivity contribution < 1.29 is 0 Å². The van der Waals surface area contributed by atoms with Gasteiger partial charge in [-0.3, -0.25) is 9.38 Å². The molecule has 5 heteroatoms. The van der Waals surface area contributed by atoms with E-state index in [9.17, 15) is 0 Å². The van der Waals surface area contributed by atoms with Gasteiger partial charge in [-0.2, -0.15) is 0 Å². The van der Waals surface area contributed by atoms with Gasteiger partial charge >= 0.3 is 0 Å². The Balaban J connectivity index is 2.08. The molecule has 2 aromatic rings. The molecule has 1 atom stereocenters. The van der Waals surface area contributed by atoms with E-state index in [2.05, 4.69) is 31.8 Å². The second-order valence-electron chi connectivity index (χ2n) is 5.14. The number of nitrogens with zero attached hydrogens (tertiary/aromatic N) is 4. The van der Waals surface area contributed by atoms with Gasteiger partial charge in [0.1, 0.15) is 5.82 Å². The summed E-state index contributed by atoms with van der Waals surface area (Å²) in [4.78, 5) is 4.10. The smallest absolute Gasteiger partial charge is 0.179 e. The lowest BCUT2D eigenvalue weighted by atomic mass is 9.76. The molecule has 5 nitrogen and oxygen atoms in total. The van der Waals surface area contributed by atoms with E-state index in [-0.39, 0.29) is 5.41 Å². The Morgan fingerprint density at radius 1 is 1.44 bits per heavy atom. The first-order chi connectivity index (χ1) is 8.86. The molecule has 18 heavy (non-hydrogen) atoms. The van der Waals surface area contributed by atoms with E-state index in [1.165, 1.54) is 19.3 Å². The van der Waals surface area contributed by atoms with Crippen molar-refractivity contribution in [2.45, 2.75) is 38.0 Å². The average molecular weight is 245 g/mol. The minimum atomic E-state index is 0.133. The predicted octanol–water partition coefficient (Wildman–Crippen LogP) is 1.55. The molecular formula is C13H19N5. The first-order valence-corrected chi connectivity index (χ1v) is 6.72. The van der Waals surface area contributed by atoms with Crippen molar-refractivity contribution in [2.24, 2.45) is 0 Å². The number of hydrogen-bond donors (Lipinski definition) is 1. The van der Waals surface area contributed by atoms with Gasteiger partial charge in [0.15, 0.2) is 5.65 Å². The van der Waals surface area contributed by atoms with Crippen LogP contribution in [0.25, 0.3) is 5.65 Å². The van der Waals surface area contributed by atoms with Crippen molar-refractivity contribution in [2.75, 3.05) is 13.1 Å². The third kappa shape index (κ3) is 1.79. The first kappa shape index (κ1) is 11.6. The van der Waals surface area contributed by atoms with Crippen LogP contribution in [0.3, 0.4) is 0 Å². The SMILES string of the molecule is CCCC1(c2nnc3cnccn23)CCCNC1. The normalized spacial score (nSPS) is 24.5. The van der Waals surface area contributed by atoms with Crippen LogP contribution in [0.5, 0.6) is 0 Å². The first-order valence-electron chi connectivity index (χ1n) is 6.72. The monoisotopic (exact) mass is 245 g/mol. The second kappa shape index (κ2) is 4.65. The van der Waals surface area contributed by atoms with Crippen molar-refractivity contribution in [3.05, 3.63) is 24.4 Å². The van der Waals surface area contributed by atoms with Crippen molar-refractivity contribution in [1.82, 2.24) is 24.9 Å². The molecular weight excluding hydrogens is 226 g/mol. The lowest BCUT2D eigenvalue weighted by molar-refractivity contribution is 0.274. The van der Waals surface area contributed by atoms with E-state index >= 15 is 0 Å². The maximum absolute atomic E-state index is 4.44. The summed E-state index contributed by atoms with van der Waals surface area (Å²) in [7, 11) is 0. The van der Waals surface area contributed by atoms with Crippen molar-refractivity contribution in [3.8, 4) is 0 Å². The highest BCUT2D eigenvalue weighted by Crippen LogP contribution is 2.34. The topological polar surface area (TPSA) is 55.1 Å². The van der Waals surface area contributed by atoms with Crippen LogP contribution >= 0.6 is 0 Å². The summed E-state index contributed by atoms with van der Waals surface area (Å²) in [6.07, 6.45) is 10.3. The molecule has 1 aliphatic heterocycles. The molecule has 1 saturated heterocycles. The number of nitrogens with one attached hydrogen (secondary N) is 1. The predicted molar refractivity (Wildman–Crippen MR) is 69.5 cm³/mol. The quantitative estimate of drug-likeness (QED) is 0.891. The molecule has 3 rings (SSSR count). The van der Waals surface area contributed by atoms with Gasteiger partial charge in [-0.05, 0) is 25.8 Å². The Labute approximate surface area is 107 Å². The summed E-state index contributed by atoms with van der Waals surface area (Å²) in [5, 5.41) is 12.2. The molecule has 1 unspecified atom stereocenters. The summed E-state index contributed by atoms with van der Waals surface area (Å²) >= 11 is 0. The molecule has 0 bridgehead atoms. The molecule has 0 amide bonds. The van der Waals surface area contributed by atoms with Crippen LogP contribution in [-0.4, -0.2) is 32.7 Å². The van der Waals surface area contributed by atoms with Gasteiger partial charge in [0.25, 0.3) is 0 Å². The van der Waals surface area contributed by atoms with Crippen LogP contribution in [0.4, 0.5) is 0 Å².